The molecule has 0 aromatic rings. The summed E-state index contributed by atoms with van der Waals surface area (Å²) < 4.78 is 79.3. The number of nitrogens with one attached hydrogen (secondary N) is 6. The third-order valence-corrected chi connectivity index (χ3v) is 16.8. The van der Waals surface area contributed by atoms with Crippen LogP contribution >= 0.6 is 0 Å². The van der Waals surface area contributed by atoms with Gasteiger partial charge in [0.25, 0.3) is 0 Å². The van der Waals surface area contributed by atoms with Crippen molar-refractivity contribution < 1.29 is 129 Å². The zero-order valence-electron chi connectivity index (χ0n) is 62.2. The predicted octanol–water partition coefficient (Wildman–Crippen LogP) is 11.4. The maximum atomic E-state index is 13.2. The van der Waals surface area contributed by atoms with Crippen molar-refractivity contribution in [2.24, 2.45) is 16.2 Å². The Morgan fingerprint density at radius 1 is 0.250 bits per heavy atom. The first kappa shape index (κ1) is 95.1. The molecule has 596 valence electrons. The first-order valence-corrected chi connectivity index (χ1v) is 36.3. The highest BCUT2D eigenvalue weighted by Crippen LogP contribution is 2.34. The molecule has 2 atom stereocenters. The molecule has 2 unspecified atom stereocenters. The molecule has 0 bridgehead atoms. The normalized spacial score (nSPS) is 11.9. The van der Waals surface area contributed by atoms with Crippen LogP contribution in [0.25, 0.3) is 0 Å². The molecule has 6 amide bonds. The molecule has 0 aliphatic rings. The average Bonchev–Trinajstić information content (AvgIpc) is 0.891. The summed E-state index contributed by atoms with van der Waals surface area (Å²) in [7, 11) is 0. The second-order valence-corrected chi connectivity index (χ2v) is 24.2. The van der Waals surface area contributed by atoms with Crippen LogP contribution in [0.4, 0.5) is 43.2 Å². The summed E-state index contributed by atoms with van der Waals surface area (Å²) >= 11 is 0. The predicted molar refractivity (Wildman–Crippen MR) is 378 cm³/mol. The van der Waals surface area contributed by atoms with Crippen LogP contribution in [-0.4, -0.2) is 211 Å². The molecule has 0 fully saturated rings. The number of rotatable bonds is 62. The number of carbonyl (C=O) groups excluding carboxylic acids is 12. The first-order chi connectivity index (χ1) is 50.1. The highest BCUT2D eigenvalue weighted by molar-refractivity contribution is 5.82. The molecule has 0 rings (SSSR count). The van der Waals surface area contributed by atoms with E-state index in [1.165, 1.54) is 0 Å². The standard InChI is InChI=1S/C71H120N6O27/c1-9-57(78)91-43-26-17-29-46-94-60(81)72-37-20-23-40-75-63(84)102-54-69(12-4,13-5)32-49-98-67(88)99-51-35-71(15-7,56-104-65(86)77-42-25-22-39-74-62(83)96-48-31-19-28-45-93-59(80)11-3)36-53-101-68(89)100-52-34-70(14-6,33-50-97-66(87)90-16-8)55-103-64(85)76-41-24-21-38-73-61(82)95-47-30-18-27-44-92-58(79)10-2/h9-11H,1-3,12-56H2,4-8H3,(H,72,81)(H,73,82)(H,74,83)(H,75,84)(H,76,85)(H,77,86). The minimum atomic E-state index is -1.03. The van der Waals surface area contributed by atoms with Gasteiger partial charge in [0.2, 0.25) is 0 Å². The smallest absolute Gasteiger partial charge is 0.463 e. The Kier molecular flexibility index (Phi) is 57.2. The molecule has 0 radical (unpaired) electrons. The van der Waals surface area contributed by atoms with E-state index in [2.05, 4.69) is 51.6 Å². The summed E-state index contributed by atoms with van der Waals surface area (Å²) in [6.45, 7) is 21.3. The van der Waals surface area contributed by atoms with Crippen molar-refractivity contribution in [3.8, 4) is 0 Å². The minimum Gasteiger partial charge on any atom is -0.463 e. The van der Waals surface area contributed by atoms with Gasteiger partial charge in [-0.1, -0.05) is 47.4 Å². The van der Waals surface area contributed by atoms with Crippen LogP contribution in [0.15, 0.2) is 38.0 Å². The van der Waals surface area contributed by atoms with Crippen molar-refractivity contribution in [1.82, 2.24) is 31.9 Å². The van der Waals surface area contributed by atoms with Crippen molar-refractivity contribution in [2.75, 3.05) is 138 Å². The third kappa shape index (κ3) is 52.9. The van der Waals surface area contributed by atoms with Gasteiger partial charge in [-0.2, -0.15) is 0 Å². The van der Waals surface area contributed by atoms with E-state index < -0.39 is 89.2 Å². The summed E-state index contributed by atoms with van der Waals surface area (Å²) in [6, 6.07) is 0. The third-order valence-electron chi connectivity index (χ3n) is 16.8. The molecule has 6 N–H and O–H groups in total. The van der Waals surface area contributed by atoms with Gasteiger partial charge >= 0.3 is 72.9 Å². The molecule has 104 heavy (non-hydrogen) atoms. The van der Waals surface area contributed by atoms with Crippen LogP contribution in [0.2, 0.25) is 0 Å². The van der Waals surface area contributed by atoms with Gasteiger partial charge in [-0.05, 0) is 161 Å². The monoisotopic (exact) mass is 1490 g/mol. The number of ether oxygens (including phenoxy) is 15. The molecular formula is C71H120N6O27. The maximum Gasteiger partial charge on any atom is 0.508 e. The van der Waals surface area contributed by atoms with E-state index >= 15 is 0 Å². The highest BCUT2D eigenvalue weighted by Gasteiger charge is 2.34. The first-order valence-electron chi connectivity index (χ1n) is 36.3. The molecule has 0 saturated heterocycles. The van der Waals surface area contributed by atoms with Crippen LogP contribution in [-0.2, 0) is 85.4 Å². The molecule has 0 aromatic heterocycles. The van der Waals surface area contributed by atoms with Crippen molar-refractivity contribution in [3.05, 3.63) is 38.0 Å². The van der Waals surface area contributed by atoms with Gasteiger partial charge < -0.3 is 103 Å². The zero-order chi connectivity index (χ0) is 77.2. The number of hydrogen-bond acceptors (Lipinski definition) is 27. The number of alkyl carbamates (subject to hydrolysis) is 6. The quantitative estimate of drug-likeness (QED) is 0.0143. The van der Waals surface area contributed by atoms with Crippen LogP contribution in [0, 0.1) is 16.2 Å². The fourth-order valence-electron chi connectivity index (χ4n) is 9.51. The second-order valence-electron chi connectivity index (χ2n) is 24.2. The molecule has 0 saturated carbocycles. The summed E-state index contributed by atoms with van der Waals surface area (Å²) in [5.74, 6) is -1.47. The van der Waals surface area contributed by atoms with Crippen molar-refractivity contribution in [3.63, 3.8) is 0 Å². The van der Waals surface area contributed by atoms with Gasteiger partial charge in [0.05, 0.1) is 99.1 Å². The Morgan fingerprint density at radius 3 is 0.692 bits per heavy atom. The summed E-state index contributed by atoms with van der Waals surface area (Å²) in [6.07, 6.45) is 8.40. The maximum absolute atomic E-state index is 13.2. The average molecular weight is 1490 g/mol. The molecule has 0 aromatic carbocycles. The van der Waals surface area contributed by atoms with Crippen LogP contribution in [0.1, 0.15) is 189 Å². The molecule has 0 spiro atoms. The summed E-state index contributed by atoms with van der Waals surface area (Å²) in [5.41, 5.74) is -2.28. The van der Waals surface area contributed by atoms with Crippen molar-refractivity contribution >= 4 is 72.9 Å². The Bertz CT molecular complexity index is 2490. The molecule has 33 nitrogen and oxygen atoms in total. The molecule has 0 heterocycles. The van der Waals surface area contributed by atoms with Gasteiger partial charge in [-0.15, -0.1) is 0 Å². The lowest BCUT2D eigenvalue weighted by molar-refractivity contribution is -0.138. The Morgan fingerprint density at radius 2 is 0.462 bits per heavy atom. The van der Waals surface area contributed by atoms with Crippen molar-refractivity contribution in [1.29, 1.82) is 0 Å². The highest BCUT2D eigenvalue weighted by atomic mass is 16.7. The SMILES string of the molecule is C=CC(=O)OCCCCCOC(=O)NCCCCNC(=O)OCC(CC)(CC)CCOC(=O)OCCC(CC)(CCOC(=O)OCCC(CC)(CCOC(=O)OCC)COC(=O)NCCCCNC(=O)OCCCCCOC(=O)C=C)COC(=O)NCCCCNC(=O)OCCCCCOC(=O)C=C. The number of esters is 3. The topological polar surface area (TPSA) is 415 Å². The van der Waals surface area contributed by atoms with Gasteiger partial charge in [0, 0.05) is 73.7 Å². The number of carbonyl (C=O) groups is 12. The number of hydrogen-bond donors (Lipinski definition) is 6. The van der Waals surface area contributed by atoms with E-state index in [9.17, 15) is 57.5 Å². The second kappa shape index (κ2) is 62.6. The Balaban J connectivity index is 5.55. The summed E-state index contributed by atoms with van der Waals surface area (Å²) in [4.78, 5) is 146. The van der Waals surface area contributed by atoms with Gasteiger partial charge in [0.15, 0.2) is 0 Å². The zero-order valence-corrected chi connectivity index (χ0v) is 62.2. The lowest BCUT2D eigenvalue weighted by atomic mass is 9.80. The van der Waals surface area contributed by atoms with E-state index in [0.717, 1.165) is 18.2 Å². The minimum absolute atomic E-state index is 0.0499. The van der Waals surface area contributed by atoms with Crippen LogP contribution in [0.3, 0.4) is 0 Å². The fraction of sp³-hybridized carbons (Fsp3) is 0.746. The molecule has 33 heteroatoms. The number of amides is 6. The van der Waals surface area contributed by atoms with Crippen molar-refractivity contribution in [2.45, 2.75) is 189 Å². The van der Waals surface area contributed by atoms with Gasteiger partial charge in [0.1, 0.15) is 0 Å². The van der Waals surface area contributed by atoms with Crippen LogP contribution in [0.5, 0.6) is 0 Å². The van der Waals surface area contributed by atoms with E-state index in [1.54, 1.807) is 6.92 Å². The Labute approximate surface area is 612 Å². The van der Waals surface area contributed by atoms with Crippen LogP contribution < -0.4 is 31.9 Å². The van der Waals surface area contributed by atoms with E-state index in [-0.39, 0.29) is 144 Å². The van der Waals surface area contributed by atoms with Gasteiger partial charge in [-0.3, -0.25) is 0 Å². The lowest BCUT2D eigenvalue weighted by Gasteiger charge is -2.32. The van der Waals surface area contributed by atoms with E-state index in [1.807, 2.05) is 27.7 Å². The molecule has 0 aliphatic carbocycles. The number of unbranched alkanes of at least 4 members (excludes halogenated alkanes) is 9. The lowest BCUT2D eigenvalue weighted by Crippen LogP contribution is -2.35. The molecule has 0 aliphatic heterocycles. The fourth-order valence-corrected chi connectivity index (χ4v) is 9.51. The summed E-state index contributed by atoms with van der Waals surface area (Å²) in [5, 5.41) is 16.1. The van der Waals surface area contributed by atoms with E-state index in [0.29, 0.717) is 148 Å². The molecular weight excluding hydrogens is 1370 g/mol. The Hall–Kier alpha value is -8.94. The van der Waals surface area contributed by atoms with Gasteiger partial charge in [-0.25, -0.2) is 57.5 Å². The largest absolute Gasteiger partial charge is 0.508 e. The van der Waals surface area contributed by atoms with E-state index in [4.69, 9.17) is 71.1 Å².